The maximum atomic E-state index is 12.7. The number of ether oxygens (including phenoxy) is 1. The van der Waals surface area contributed by atoms with E-state index < -0.39 is 35.5 Å². The van der Waals surface area contributed by atoms with Gasteiger partial charge in [0, 0.05) is 19.3 Å². The number of imide groups is 1. The largest absolute Gasteiger partial charge is 0.534 e. The molecule has 0 bridgehead atoms. The lowest BCUT2D eigenvalue weighted by Gasteiger charge is -2.30. The SMILES string of the molecule is C=C1CCC(=O)N1OC(=O)C1(C)C/C=C/C(OC(=O)ON2C(=O)CCC2=O)CCC1. The molecule has 30 heavy (non-hydrogen) atoms. The normalized spacial score (nSPS) is 28.2. The molecule has 1 aliphatic carbocycles. The predicted octanol–water partition coefficient (Wildman–Crippen LogP) is 2.30. The van der Waals surface area contributed by atoms with Gasteiger partial charge in [-0.15, -0.1) is 5.06 Å². The minimum atomic E-state index is -1.14. The Morgan fingerprint density at radius 1 is 1.03 bits per heavy atom. The van der Waals surface area contributed by atoms with Gasteiger partial charge < -0.3 is 9.57 Å². The molecule has 2 aliphatic heterocycles. The van der Waals surface area contributed by atoms with Crippen molar-refractivity contribution in [2.75, 3.05) is 0 Å². The summed E-state index contributed by atoms with van der Waals surface area (Å²) in [5.41, 5.74) is -0.389. The van der Waals surface area contributed by atoms with E-state index in [0.29, 0.717) is 42.9 Å². The van der Waals surface area contributed by atoms with Crippen molar-refractivity contribution in [1.29, 1.82) is 0 Å². The third-order valence-corrected chi connectivity index (χ3v) is 5.36. The Labute approximate surface area is 173 Å². The van der Waals surface area contributed by atoms with Gasteiger partial charge in [0.05, 0.1) is 11.1 Å². The minimum absolute atomic E-state index is 0.000496. The summed E-state index contributed by atoms with van der Waals surface area (Å²) in [7, 11) is 0. The zero-order valence-corrected chi connectivity index (χ0v) is 16.8. The van der Waals surface area contributed by atoms with E-state index in [1.54, 1.807) is 19.1 Å². The fraction of sp³-hybridized carbons (Fsp3) is 0.550. The van der Waals surface area contributed by atoms with Crippen molar-refractivity contribution in [3.63, 3.8) is 0 Å². The van der Waals surface area contributed by atoms with Gasteiger partial charge in [-0.1, -0.05) is 17.7 Å². The smallest absolute Gasteiger partial charge is 0.425 e. The number of nitrogens with zero attached hydrogens (tertiary/aromatic N) is 2. The fourth-order valence-electron chi connectivity index (χ4n) is 3.47. The number of amides is 3. The number of allylic oxidation sites excluding steroid dienone is 2. The third kappa shape index (κ3) is 4.69. The molecule has 10 heteroatoms. The zero-order chi connectivity index (χ0) is 21.9. The van der Waals surface area contributed by atoms with Crippen LogP contribution in [0.4, 0.5) is 4.79 Å². The van der Waals surface area contributed by atoms with E-state index >= 15 is 0 Å². The molecule has 0 aromatic rings. The number of carbonyl (C=O) groups excluding carboxylic acids is 5. The summed E-state index contributed by atoms with van der Waals surface area (Å²) in [5, 5.41) is 1.40. The summed E-state index contributed by atoms with van der Waals surface area (Å²) in [6.07, 6.45) is 4.01. The Bertz CT molecular complexity index is 788. The molecule has 3 rings (SSSR count). The van der Waals surface area contributed by atoms with Gasteiger partial charge >= 0.3 is 12.1 Å². The van der Waals surface area contributed by atoms with Crippen LogP contribution in [-0.4, -0.2) is 46.1 Å². The molecule has 2 atom stereocenters. The molecule has 2 saturated heterocycles. The van der Waals surface area contributed by atoms with Gasteiger partial charge in [-0.05, 0) is 45.1 Å². The van der Waals surface area contributed by atoms with Crippen molar-refractivity contribution < 1.29 is 38.4 Å². The molecule has 2 fully saturated rings. The van der Waals surface area contributed by atoms with E-state index in [9.17, 15) is 24.0 Å². The number of carbonyl (C=O) groups is 5. The highest BCUT2D eigenvalue weighted by Gasteiger charge is 2.39. The highest BCUT2D eigenvalue weighted by molar-refractivity contribution is 6.01. The van der Waals surface area contributed by atoms with Crippen LogP contribution in [0.15, 0.2) is 24.4 Å². The van der Waals surface area contributed by atoms with Gasteiger partial charge in [-0.25, -0.2) is 9.59 Å². The number of hydrogen-bond acceptors (Lipinski definition) is 8. The number of rotatable bonds is 4. The first-order valence-electron chi connectivity index (χ1n) is 9.84. The number of hydroxylamine groups is 4. The topological polar surface area (TPSA) is 120 Å². The number of hydrogen-bond donors (Lipinski definition) is 0. The van der Waals surface area contributed by atoms with Crippen molar-refractivity contribution in [2.24, 2.45) is 5.41 Å². The summed E-state index contributed by atoms with van der Waals surface area (Å²) >= 11 is 0. The van der Waals surface area contributed by atoms with Crippen LogP contribution in [0.1, 0.15) is 58.3 Å². The van der Waals surface area contributed by atoms with Crippen LogP contribution >= 0.6 is 0 Å². The molecule has 0 aromatic carbocycles. The van der Waals surface area contributed by atoms with Crippen LogP contribution in [0.25, 0.3) is 0 Å². The first kappa shape index (κ1) is 21.5. The van der Waals surface area contributed by atoms with E-state index in [4.69, 9.17) is 14.4 Å². The van der Waals surface area contributed by atoms with Crippen molar-refractivity contribution in [3.05, 3.63) is 24.4 Å². The Balaban J connectivity index is 1.54. The summed E-state index contributed by atoms with van der Waals surface area (Å²) in [6, 6.07) is 0. The highest BCUT2D eigenvalue weighted by atomic mass is 16.8. The van der Waals surface area contributed by atoms with Crippen molar-refractivity contribution >= 4 is 29.8 Å². The molecule has 0 aromatic heterocycles. The summed E-state index contributed by atoms with van der Waals surface area (Å²) in [5.74, 6) is -1.98. The maximum Gasteiger partial charge on any atom is 0.534 e. The lowest BCUT2D eigenvalue weighted by molar-refractivity contribution is -0.196. The second-order valence-electron chi connectivity index (χ2n) is 7.80. The van der Waals surface area contributed by atoms with Crippen LogP contribution in [-0.2, 0) is 33.6 Å². The van der Waals surface area contributed by atoms with E-state index in [-0.39, 0.29) is 25.2 Å². The van der Waals surface area contributed by atoms with Crippen molar-refractivity contribution in [2.45, 2.75) is 64.4 Å². The van der Waals surface area contributed by atoms with Gasteiger partial charge in [0.2, 0.25) is 0 Å². The van der Waals surface area contributed by atoms with E-state index in [2.05, 4.69) is 6.58 Å². The molecule has 0 saturated carbocycles. The van der Waals surface area contributed by atoms with E-state index in [0.717, 1.165) is 5.06 Å². The Hall–Kier alpha value is -3.17. The van der Waals surface area contributed by atoms with Crippen LogP contribution in [0.5, 0.6) is 0 Å². The van der Waals surface area contributed by atoms with Gasteiger partial charge in [-0.3, -0.25) is 19.2 Å². The van der Waals surface area contributed by atoms with Gasteiger partial charge in [0.15, 0.2) is 0 Å². The molecule has 2 heterocycles. The van der Waals surface area contributed by atoms with Gasteiger partial charge in [0.25, 0.3) is 17.7 Å². The summed E-state index contributed by atoms with van der Waals surface area (Å²) < 4.78 is 5.18. The first-order chi connectivity index (χ1) is 14.2. The average molecular weight is 420 g/mol. The summed E-state index contributed by atoms with van der Waals surface area (Å²) in [6.45, 7) is 5.48. The Morgan fingerprint density at radius 3 is 2.30 bits per heavy atom. The zero-order valence-electron chi connectivity index (χ0n) is 16.8. The fourth-order valence-corrected chi connectivity index (χ4v) is 3.47. The van der Waals surface area contributed by atoms with Crippen LogP contribution in [0.3, 0.4) is 0 Å². The van der Waals surface area contributed by atoms with Crippen molar-refractivity contribution in [1.82, 2.24) is 10.1 Å². The van der Waals surface area contributed by atoms with Crippen LogP contribution < -0.4 is 0 Å². The van der Waals surface area contributed by atoms with Gasteiger partial charge in [0.1, 0.15) is 6.10 Å². The predicted molar refractivity (Wildman–Crippen MR) is 99.5 cm³/mol. The minimum Gasteiger partial charge on any atom is -0.425 e. The second-order valence-corrected chi connectivity index (χ2v) is 7.80. The molecule has 3 aliphatic rings. The molecular formula is C20H24N2O8. The monoisotopic (exact) mass is 420 g/mol. The van der Waals surface area contributed by atoms with Crippen molar-refractivity contribution in [3.8, 4) is 0 Å². The van der Waals surface area contributed by atoms with E-state index in [1.807, 2.05) is 0 Å². The third-order valence-electron chi connectivity index (χ3n) is 5.36. The molecule has 0 radical (unpaired) electrons. The quantitative estimate of drug-likeness (QED) is 0.386. The Kier molecular flexibility index (Phi) is 6.23. The standard InChI is InChI=1S/C20H24N2O8/c1-13-7-8-15(23)21(13)29-18(26)20(2)11-3-5-14(6-4-12-20)28-19(27)30-22-16(24)9-10-17(22)25/h3,5,14H,1,4,6-12H2,2H3/b5-3+. The maximum absolute atomic E-state index is 12.7. The van der Waals surface area contributed by atoms with Crippen LogP contribution in [0, 0.1) is 5.41 Å². The second kappa shape index (κ2) is 8.68. The molecule has 10 nitrogen and oxygen atoms in total. The summed E-state index contributed by atoms with van der Waals surface area (Å²) in [4.78, 5) is 69.4. The first-order valence-corrected chi connectivity index (χ1v) is 9.84. The molecule has 162 valence electrons. The Morgan fingerprint density at radius 2 is 1.67 bits per heavy atom. The average Bonchev–Trinajstić information content (AvgIpc) is 3.16. The van der Waals surface area contributed by atoms with Crippen LogP contribution in [0.2, 0.25) is 0 Å². The molecule has 3 amide bonds. The molecule has 0 N–H and O–H groups in total. The molecule has 2 unspecified atom stereocenters. The lowest BCUT2D eigenvalue weighted by Crippen LogP contribution is -2.37. The lowest BCUT2D eigenvalue weighted by atomic mass is 9.80. The molecule has 0 spiro atoms. The highest BCUT2D eigenvalue weighted by Crippen LogP contribution is 2.35. The van der Waals surface area contributed by atoms with Gasteiger partial charge in [-0.2, -0.15) is 0 Å². The van der Waals surface area contributed by atoms with E-state index in [1.165, 1.54) is 0 Å². The molecular weight excluding hydrogens is 396 g/mol.